The zero-order valence-electron chi connectivity index (χ0n) is 11.2. The third-order valence-corrected chi connectivity index (χ3v) is 4.63. The summed E-state index contributed by atoms with van der Waals surface area (Å²) in [5.41, 5.74) is 1.09. The summed E-state index contributed by atoms with van der Waals surface area (Å²) in [6, 6.07) is 0.508. The molecule has 0 spiro atoms. The maximum atomic E-state index is 12.2. The number of nitrogens with zero attached hydrogens (tertiary/aromatic N) is 1. The van der Waals surface area contributed by atoms with Crippen LogP contribution in [0.15, 0.2) is 4.90 Å². The van der Waals surface area contributed by atoms with E-state index in [0.29, 0.717) is 30.6 Å². The molecule has 1 aromatic heterocycles. The second kappa shape index (κ2) is 6.00. The van der Waals surface area contributed by atoms with Crippen molar-refractivity contribution < 1.29 is 13.2 Å². The molecule has 1 saturated carbocycles. The SMILES string of the molecule is COCCNS(=O)(=O)c1c(CNC2CC2)n[nH]c1C. The Morgan fingerprint density at radius 1 is 1.47 bits per heavy atom. The molecular formula is C11H20N4O3S. The van der Waals surface area contributed by atoms with Crippen molar-refractivity contribution in [1.82, 2.24) is 20.2 Å². The molecular weight excluding hydrogens is 268 g/mol. The number of hydrogen-bond acceptors (Lipinski definition) is 5. The third kappa shape index (κ3) is 3.75. The molecule has 1 fully saturated rings. The predicted octanol–water partition coefficient (Wildman–Crippen LogP) is -0.105. The molecule has 7 nitrogen and oxygen atoms in total. The number of H-pyrrole nitrogens is 1. The average molecular weight is 288 g/mol. The highest BCUT2D eigenvalue weighted by Gasteiger charge is 2.26. The van der Waals surface area contributed by atoms with E-state index in [0.717, 1.165) is 12.8 Å². The number of aromatic nitrogens is 2. The summed E-state index contributed by atoms with van der Waals surface area (Å²) in [5, 5.41) is 10.1. The first-order valence-corrected chi connectivity index (χ1v) is 7.78. The van der Waals surface area contributed by atoms with Crippen molar-refractivity contribution in [2.24, 2.45) is 0 Å². The van der Waals surface area contributed by atoms with Gasteiger partial charge in [-0.2, -0.15) is 5.10 Å². The smallest absolute Gasteiger partial charge is 0.244 e. The topological polar surface area (TPSA) is 96.1 Å². The van der Waals surface area contributed by atoms with Crippen molar-refractivity contribution in [3.05, 3.63) is 11.4 Å². The third-order valence-electron chi connectivity index (χ3n) is 2.96. The van der Waals surface area contributed by atoms with Gasteiger partial charge in [-0.25, -0.2) is 13.1 Å². The fourth-order valence-corrected chi connectivity index (χ4v) is 3.20. The first kappa shape index (κ1) is 14.4. The second-order valence-electron chi connectivity index (χ2n) is 4.67. The van der Waals surface area contributed by atoms with E-state index in [2.05, 4.69) is 20.2 Å². The van der Waals surface area contributed by atoms with Crippen LogP contribution in [0.1, 0.15) is 24.2 Å². The summed E-state index contributed by atoms with van der Waals surface area (Å²) >= 11 is 0. The standard InChI is InChI=1S/C11H20N4O3S/c1-8-11(19(16,17)13-5-6-18-2)10(15-14-8)7-12-9-3-4-9/h9,12-13H,3-7H2,1-2H3,(H,14,15). The van der Waals surface area contributed by atoms with Gasteiger partial charge in [-0.1, -0.05) is 0 Å². The molecule has 1 heterocycles. The largest absolute Gasteiger partial charge is 0.383 e. The summed E-state index contributed by atoms with van der Waals surface area (Å²) in [5.74, 6) is 0. The van der Waals surface area contributed by atoms with Crippen molar-refractivity contribution in [1.29, 1.82) is 0 Å². The van der Waals surface area contributed by atoms with E-state index in [1.807, 2.05) is 0 Å². The number of ether oxygens (including phenoxy) is 1. The lowest BCUT2D eigenvalue weighted by Crippen LogP contribution is -2.29. The molecule has 0 aliphatic heterocycles. The molecule has 1 aliphatic carbocycles. The first-order chi connectivity index (χ1) is 9.04. The first-order valence-electron chi connectivity index (χ1n) is 6.30. The molecule has 1 aliphatic rings. The molecule has 0 radical (unpaired) electrons. The van der Waals surface area contributed by atoms with E-state index in [4.69, 9.17) is 4.74 Å². The molecule has 0 unspecified atom stereocenters. The molecule has 0 atom stereocenters. The lowest BCUT2D eigenvalue weighted by molar-refractivity contribution is 0.204. The van der Waals surface area contributed by atoms with Gasteiger partial charge < -0.3 is 10.1 Å². The molecule has 1 aromatic rings. The minimum Gasteiger partial charge on any atom is -0.383 e. The molecule has 2 rings (SSSR count). The highest BCUT2D eigenvalue weighted by atomic mass is 32.2. The Bertz CT molecular complexity index is 522. The zero-order valence-corrected chi connectivity index (χ0v) is 12.0. The Morgan fingerprint density at radius 2 is 2.21 bits per heavy atom. The normalized spacial score (nSPS) is 15.9. The second-order valence-corrected chi connectivity index (χ2v) is 6.37. The van der Waals surface area contributed by atoms with Crippen LogP contribution in [-0.4, -0.2) is 44.9 Å². The Hall–Kier alpha value is -0.960. The fourth-order valence-electron chi connectivity index (χ4n) is 1.82. The number of aryl methyl sites for hydroxylation is 1. The van der Waals surface area contributed by atoms with Gasteiger partial charge in [0, 0.05) is 26.2 Å². The molecule has 19 heavy (non-hydrogen) atoms. The van der Waals surface area contributed by atoms with E-state index in [9.17, 15) is 8.42 Å². The van der Waals surface area contributed by atoms with Crippen LogP contribution in [0.2, 0.25) is 0 Å². The highest BCUT2D eigenvalue weighted by molar-refractivity contribution is 7.89. The van der Waals surface area contributed by atoms with Crippen LogP contribution in [0.5, 0.6) is 0 Å². The van der Waals surface area contributed by atoms with Gasteiger partial charge >= 0.3 is 0 Å². The van der Waals surface area contributed by atoms with E-state index in [-0.39, 0.29) is 11.4 Å². The van der Waals surface area contributed by atoms with Crippen molar-refractivity contribution in [2.45, 2.75) is 37.2 Å². The van der Waals surface area contributed by atoms with Crippen molar-refractivity contribution in [3.63, 3.8) is 0 Å². The van der Waals surface area contributed by atoms with Gasteiger partial charge in [0.15, 0.2) is 0 Å². The van der Waals surface area contributed by atoms with Crippen molar-refractivity contribution in [3.8, 4) is 0 Å². The number of hydrogen-bond donors (Lipinski definition) is 3. The molecule has 0 bridgehead atoms. The molecule has 0 aromatic carbocycles. The minimum absolute atomic E-state index is 0.247. The number of rotatable bonds is 8. The maximum absolute atomic E-state index is 12.2. The van der Waals surface area contributed by atoms with E-state index < -0.39 is 10.0 Å². The number of methoxy groups -OCH3 is 1. The monoisotopic (exact) mass is 288 g/mol. The van der Waals surface area contributed by atoms with Gasteiger partial charge in [-0.15, -0.1) is 0 Å². The highest BCUT2D eigenvalue weighted by Crippen LogP contribution is 2.21. The van der Waals surface area contributed by atoms with Gasteiger partial charge in [-0.05, 0) is 19.8 Å². The van der Waals surface area contributed by atoms with Crippen molar-refractivity contribution >= 4 is 10.0 Å². The Labute approximate surface area is 113 Å². The molecule has 108 valence electrons. The number of nitrogens with one attached hydrogen (secondary N) is 3. The lowest BCUT2D eigenvalue weighted by Gasteiger charge is -2.08. The van der Waals surface area contributed by atoms with E-state index in [1.54, 1.807) is 6.92 Å². The van der Waals surface area contributed by atoms with Gasteiger partial charge in [0.2, 0.25) is 10.0 Å². The van der Waals surface area contributed by atoms with Crippen LogP contribution >= 0.6 is 0 Å². The van der Waals surface area contributed by atoms with Crippen LogP contribution in [0.25, 0.3) is 0 Å². The van der Waals surface area contributed by atoms with Gasteiger partial charge in [0.25, 0.3) is 0 Å². The van der Waals surface area contributed by atoms with Crippen LogP contribution in [-0.2, 0) is 21.3 Å². The van der Waals surface area contributed by atoms with Crippen LogP contribution in [0.3, 0.4) is 0 Å². The molecule has 0 saturated heterocycles. The maximum Gasteiger partial charge on any atom is 0.244 e. The number of aromatic amines is 1. The Balaban J connectivity index is 2.09. The average Bonchev–Trinajstić information content (AvgIpc) is 3.10. The summed E-state index contributed by atoms with van der Waals surface area (Å²) in [6.45, 7) is 2.76. The Kier molecular flexibility index (Phi) is 4.56. The molecule has 8 heteroatoms. The van der Waals surface area contributed by atoms with Gasteiger partial charge in [0.1, 0.15) is 4.90 Å². The summed E-state index contributed by atoms with van der Waals surface area (Å²) in [7, 11) is -2.01. The van der Waals surface area contributed by atoms with Crippen molar-refractivity contribution in [2.75, 3.05) is 20.3 Å². The molecule has 3 N–H and O–H groups in total. The van der Waals surface area contributed by atoms with Gasteiger partial charge in [-0.3, -0.25) is 5.10 Å². The predicted molar refractivity (Wildman–Crippen MR) is 70.3 cm³/mol. The minimum atomic E-state index is -3.54. The lowest BCUT2D eigenvalue weighted by atomic mass is 10.3. The van der Waals surface area contributed by atoms with E-state index >= 15 is 0 Å². The fraction of sp³-hybridized carbons (Fsp3) is 0.727. The van der Waals surface area contributed by atoms with Gasteiger partial charge in [0.05, 0.1) is 18.0 Å². The summed E-state index contributed by atoms with van der Waals surface area (Å²) < 4.78 is 31.8. The van der Waals surface area contributed by atoms with Crippen LogP contribution in [0, 0.1) is 6.92 Å². The van der Waals surface area contributed by atoms with Crippen LogP contribution in [0.4, 0.5) is 0 Å². The van der Waals surface area contributed by atoms with E-state index in [1.165, 1.54) is 7.11 Å². The summed E-state index contributed by atoms with van der Waals surface area (Å²) in [6.07, 6.45) is 2.30. The quantitative estimate of drug-likeness (QED) is 0.580. The zero-order chi connectivity index (χ0) is 13.9. The number of sulfonamides is 1. The van der Waals surface area contributed by atoms with Crippen LogP contribution < -0.4 is 10.0 Å². The Morgan fingerprint density at radius 3 is 2.84 bits per heavy atom. The molecule has 0 amide bonds. The summed E-state index contributed by atoms with van der Waals surface area (Å²) in [4.78, 5) is 0.247.